The molecule has 0 unspecified atom stereocenters. The van der Waals surface area contributed by atoms with Crippen LogP contribution >= 0.6 is 0 Å². The second-order valence-corrected chi connectivity index (χ2v) is 6.87. The number of nitrogens with one attached hydrogen (secondary N) is 2. The van der Waals surface area contributed by atoms with Crippen LogP contribution in [-0.2, 0) is 9.53 Å². The normalized spacial score (nSPS) is 19.2. The first-order chi connectivity index (χ1) is 12.4. The molecule has 2 aromatic rings. The number of hydrogen-bond donors (Lipinski definition) is 2. The summed E-state index contributed by atoms with van der Waals surface area (Å²) in [6.07, 6.45) is 1.66. The predicted molar refractivity (Wildman–Crippen MR) is 98.8 cm³/mol. The lowest BCUT2D eigenvalue weighted by atomic mass is 9.90. The molecule has 0 bridgehead atoms. The van der Waals surface area contributed by atoms with Crippen molar-refractivity contribution in [3.63, 3.8) is 0 Å². The van der Waals surface area contributed by atoms with E-state index in [0.29, 0.717) is 6.42 Å². The molecule has 2 amide bonds. The van der Waals surface area contributed by atoms with Crippen molar-refractivity contribution in [1.82, 2.24) is 15.5 Å². The van der Waals surface area contributed by atoms with E-state index in [4.69, 9.17) is 4.74 Å². The summed E-state index contributed by atoms with van der Waals surface area (Å²) in [4.78, 5) is 26.1. The van der Waals surface area contributed by atoms with Crippen LogP contribution in [0.15, 0.2) is 30.5 Å². The van der Waals surface area contributed by atoms with Gasteiger partial charge in [0.05, 0.1) is 17.8 Å². The van der Waals surface area contributed by atoms with Crippen molar-refractivity contribution in [2.45, 2.75) is 52.3 Å². The Morgan fingerprint density at radius 2 is 2.12 bits per heavy atom. The number of aromatic amines is 1. The van der Waals surface area contributed by atoms with Gasteiger partial charge in [-0.3, -0.25) is 9.89 Å². The zero-order valence-corrected chi connectivity index (χ0v) is 15.4. The molecule has 26 heavy (non-hydrogen) atoms. The van der Waals surface area contributed by atoms with E-state index < -0.39 is 6.09 Å². The van der Waals surface area contributed by atoms with E-state index in [1.165, 1.54) is 0 Å². The number of rotatable bonds is 3. The van der Waals surface area contributed by atoms with Crippen molar-refractivity contribution in [3.8, 4) is 11.3 Å². The number of ether oxygens (including phenoxy) is 1. The smallest absolute Gasteiger partial charge is 0.407 e. The summed E-state index contributed by atoms with van der Waals surface area (Å²) in [5.41, 5.74) is 3.54. The molecule has 7 heteroatoms. The van der Waals surface area contributed by atoms with Crippen molar-refractivity contribution < 1.29 is 14.3 Å². The fraction of sp³-hybridized carbons (Fsp3) is 0.421. The van der Waals surface area contributed by atoms with Gasteiger partial charge in [0.15, 0.2) is 0 Å². The van der Waals surface area contributed by atoms with Gasteiger partial charge in [0.1, 0.15) is 0 Å². The summed E-state index contributed by atoms with van der Waals surface area (Å²) in [6, 6.07) is 7.48. The number of benzene rings is 1. The number of carbonyl (C=O) groups excluding carboxylic acids is 2. The maximum Gasteiger partial charge on any atom is 0.407 e. The minimum Gasteiger partial charge on any atom is -0.447 e. The van der Waals surface area contributed by atoms with Crippen LogP contribution in [0.25, 0.3) is 11.3 Å². The maximum absolute atomic E-state index is 12.2. The van der Waals surface area contributed by atoms with Crippen molar-refractivity contribution in [2.24, 2.45) is 0 Å². The molecule has 7 nitrogen and oxygen atoms in total. The fourth-order valence-corrected chi connectivity index (χ4v) is 3.46. The maximum atomic E-state index is 12.2. The Kier molecular flexibility index (Phi) is 4.97. The van der Waals surface area contributed by atoms with Gasteiger partial charge in [-0.05, 0) is 51.0 Å². The summed E-state index contributed by atoms with van der Waals surface area (Å²) in [7, 11) is 0. The molecule has 0 saturated heterocycles. The third-order valence-electron chi connectivity index (χ3n) is 4.47. The van der Waals surface area contributed by atoms with E-state index in [9.17, 15) is 9.59 Å². The molecule has 1 aliphatic heterocycles. The van der Waals surface area contributed by atoms with Gasteiger partial charge in [-0.25, -0.2) is 4.79 Å². The second kappa shape index (κ2) is 7.19. The van der Waals surface area contributed by atoms with Crippen molar-refractivity contribution in [2.75, 3.05) is 4.90 Å². The van der Waals surface area contributed by atoms with Gasteiger partial charge in [-0.2, -0.15) is 5.10 Å². The van der Waals surface area contributed by atoms with Crippen LogP contribution in [0.5, 0.6) is 0 Å². The van der Waals surface area contributed by atoms with Crippen LogP contribution in [0.2, 0.25) is 0 Å². The van der Waals surface area contributed by atoms with Crippen LogP contribution in [-0.4, -0.2) is 34.3 Å². The number of aromatic nitrogens is 2. The Morgan fingerprint density at radius 3 is 2.73 bits per heavy atom. The number of alkyl carbamates (subject to hydrolysis) is 1. The SMILES string of the molecule is CC(=O)N1c2ccc(-c3ccn[nH]3)cc2[C@@H](NC(=O)OC(C)C)C[C@H]1C. The van der Waals surface area contributed by atoms with E-state index in [2.05, 4.69) is 15.5 Å². The molecule has 2 N–H and O–H groups in total. The first-order valence-electron chi connectivity index (χ1n) is 8.77. The first kappa shape index (κ1) is 18.0. The Bertz CT molecular complexity index is 801. The summed E-state index contributed by atoms with van der Waals surface area (Å²) in [5.74, 6) is -0.0174. The lowest BCUT2D eigenvalue weighted by Gasteiger charge is -2.39. The number of amides is 2. The highest BCUT2D eigenvalue weighted by atomic mass is 16.6. The van der Waals surface area contributed by atoms with Gasteiger partial charge in [0.2, 0.25) is 5.91 Å². The number of nitrogens with zero attached hydrogens (tertiary/aromatic N) is 2. The molecular formula is C19H24N4O3. The Labute approximate surface area is 152 Å². The quantitative estimate of drug-likeness (QED) is 0.882. The van der Waals surface area contributed by atoms with E-state index in [0.717, 1.165) is 22.5 Å². The van der Waals surface area contributed by atoms with Gasteiger partial charge < -0.3 is 15.0 Å². The van der Waals surface area contributed by atoms with Crippen molar-refractivity contribution in [3.05, 3.63) is 36.0 Å². The van der Waals surface area contributed by atoms with Gasteiger partial charge in [-0.15, -0.1) is 0 Å². The number of hydrogen-bond acceptors (Lipinski definition) is 4. The van der Waals surface area contributed by atoms with Gasteiger partial charge in [0.25, 0.3) is 0 Å². The summed E-state index contributed by atoms with van der Waals surface area (Å²) in [6.45, 7) is 7.16. The van der Waals surface area contributed by atoms with E-state index in [1.807, 2.05) is 45.0 Å². The fourth-order valence-electron chi connectivity index (χ4n) is 3.46. The molecule has 3 rings (SSSR count). The van der Waals surface area contributed by atoms with Gasteiger partial charge >= 0.3 is 6.09 Å². The minimum absolute atomic E-state index is 0.0174. The highest BCUT2D eigenvalue weighted by Gasteiger charge is 2.33. The molecule has 0 saturated carbocycles. The lowest BCUT2D eigenvalue weighted by molar-refractivity contribution is -0.117. The van der Waals surface area contributed by atoms with Crippen LogP contribution in [0.3, 0.4) is 0 Å². The Morgan fingerprint density at radius 1 is 1.35 bits per heavy atom. The summed E-state index contributed by atoms with van der Waals surface area (Å²) >= 11 is 0. The van der Waals surface area contributed by atoms with Gasteiger partial charge in [0, 0.05) is 30.4 Å². The Hall–Kier alpha value is -2.83. The average molecular weight is 356 g/mol. The van der Waals surface area contributed by atoms with Crippen molar-refractivity contribution >= 4 is 17.7 Å². The standard InChI is InChI=1S/C19H24N4O3/c1-11(2)26-19(25)21-17-9-12(3)23(13(4)24)18-6-5-14(10-15(17)18)16-7-8-20-22-16/h5-8,10-12,17H,9H2,1-4H3,(H,20,22)(H,21,25)/t12-,17+/m1/s1. The minimum atomic E-state index is -0.452. The van der Waals surface area contributed by atoms with E-state index in [1.54, 1.807) is 18.0 Å². The van der Waals surface area contributed by atoms with Crippen LogP contribution in [0.1, 0.15) is 45.7 Å². The van der Waals surface area contributed by atoms with Crippen molar-refractivity contribution in [1.29, 1.82) is 0 Å². The summed E-state index contributed by atoms with van der Waals surface area (Å²) < 4.78 is 5.23. The third-order valence-corrected chi connectivity index (χ3v) is 4.47. The highest BCUT2D eigenvalue weighted by Crippen LogP contribution is 2.39. The number of H-pyrrole nitrogens is 1. The van der Waals surface area contributed by atoms with Crippen LogP contribution < -0.4 is 10.2 Å². The largest absolute Gasteiger partial charge is 0.447 e. The highest BCUT2D eigenvalue weighted by molar-refractivity contribution is 5.94. The van der Waals surface area contributed by atoms with Crippen LogP contribution in [0.4, 0.5) is 10.5 Å². The Balaban J connectivity index is 2.00. The average Bonchev–Trinajstić information content (AvgIpc) is 3.07. The molecule has 138 valence electrons. The number of anilines is 1. The molecule has 0 fully saturated rings. The number of carbonyl (C=O) groups is 2. The van der Waals surface area contributed by atoms with Gasteiger partial charge in [-0.1, -0.05) is 6.07 Å². The topological polar surface area (TPSA) is 87.3 Å². The molecular weight excluding hydrogens is 332 g/mol. The third kappa shape index (κ3) is 3.56. The lowest BCUT2D eigenvalue weighted by Crippen LogP contribution is -2.45. The molecule has 2 atom stereocenters. The zero-order valence-electron chi connectivity index (χ0n) is 15.4. The monoisotopic (exact) mass is 356 g/mol. The number of fused-ring (bicyclic) bond motifs is 1. The van der Waals surface area contributed by atoms with E-state index in [-0.39, 0.29) is 24.1 Å². The first-order valence-corrected chi connectivity index (χ1v) is 8.77. The molecule has 1 aliphatic rings. The predicted octanol–water partition coefficient (Wildman–Crippen LogP) is 3.40. The molecule has 2 heterocycles. The summed E-state index contributed by atoms with van der Waals surface area (Å²) in [5, 5.41) is 9.87. The van der Waals surface area contributed by atoms with E-state index >= 15 is 0 Å². The second-order valence-electron chi connectivity index (χ2n) is 6.87. The molecule has 0 aliphatic carbocycles. The molecule has 1 aromatic heterocycles. The zero-order chi connectivity index (χ0) is 18.8. The molecule has 1 aromatic carbocycles. The van der Waals surface area contributed by atoms with Crippen LogP contribution in [0, 0.1) is 0 Å². The molecule has 0 spiro atoms. The molecule has 0 radical (unpaired) electrons.